The number of Topliss-reactive ketones (excluding diaryl/α,β-unsaturated/α-hetero) is 1. The first-order valence-corrected chi connectivity index (χ1v) is 9.53. The Kier molecular flexibility index (Phi) is 5.42. The molecular weight excluding hydrogens is 374 g/mol. The van der Waals surface area contributed by atoms with Crippen LogP contribution in [0.5, 0.6) is 23.0 Å². The molecule has 2 aromatic carbocycles. The number of nitrogens with one attached hydrogen (secondary N) is 1. The number of fused-ring (bicyclic) bond motifs is 1. The van der Waals surface area contributed by atoms with Crippen molar-refractivity contribution in [2.75, 3.05) is 40.5 Å². The van der Waals surface area contributed by atoms with E-state index in [-0.39, 0.29) is 17.3 Å². The van der Waals surface area contributed by atoms with Gasteiger partial charge in [-0.25, -0.2) is 0 Å². The number of hydrogen-bond acceptors (Lipinski definition) is 6. The highest BCUT2D eigenvalue weighted by atomic mass is 16.5. The molecule has 0 unspecified atom stereocenters. The molecule has 7 heteroatoms. The molecule has 0 spiro atoms. The van der Waals surface area contributed by atoms with Crippen molar-refractivity contribution in [1.29, 1.82) is 0 Å². The predicted molar refractivity (Wildman–Crippen MR) is 106 cm³/mol. The van der Waals surface area contributed by atoms with Crippen LogP contribution in [0.25, 0.3) is 6.08 Å². The molecule has 2 aromatic rings. The van der Waals surface area contributed by atoms with Crippen LogP contribution >= 0.6 is 0 Å². The molecule has 2 aliphatic rings. The molecule has 0 bridgehead atoms. The fraction of sp³-hybridized carbons (Fsp3) is 0.318. The fourth-order valence-electron chi connectivity index (χ4n) is 3.65. The van der Waals surface area contributed by atoms with Gasteiger partial charge in [0.05, 0.1) is 38.6 Å². The molecule has 0 aliphatic carbocycles. The molecule has 4 rings (SSSR count). The van der Waals surface area contributed by atoms with Gasteiger partial charge in [-0.2, -0.15) is 0 Å². The Hall–Kier alpha value is -3.03. The van der Waals surface area contributed by atoms with E-state index in [1.807, 2.05) is 0 Å². The van der Waals surface area contributed by atoms with E-state index < -0.39 is 0 Å². The number of allylic oxidation sites excluding steroid dienone is 1. The van der Waals surface area contributed by atoms with Crippen molar-refractivity contribution in [2.24, 2.45) is 0 Å². The second-order valence-corrected chi connectivity index (χ2v) is 7.03. The molecule has 0 amide bonds. The molecular formula is C22H24NO6+. The molecule has 2 N–H and O–H groups in total. The molecule has 7 nitrogen and oxygen atoms in total. The van der Waals surface area contributed by atoms with Crippen molar-refractivity contribution in [3.63, 3.8) is 0 Å². The van der Waals surface area contributed by atoms with Crippen LogP contribution in [-0.2, 0) is 11.3 Å². The topological polar surface area (TPSA) is 78.7 Å². The molecule has 0 saturated carbocycles. The second kappa shape index (κ2) is 8.14. The first-order valence-electron chi connectivity index (χ1n) is 9.53. The van der Waals surface area contributed by atoms with Gasteiger partial charge in [0.2, 0.25) is 5.78 Å². The highest BCUT2D eigenvalue weighted by Crippen LogP contribution is 2.40. The lowest BCUT2D eigenvalue weighted by molar-refractivity contribution is -0.921. The number of benzene rings is 2. The van der Waals surface area contributed by atoms with Crippen LogP contribution < -0.4 is 19.1 Å². The maximum Gasteiger partial charge on any atom is 0.231 e. The van der Waals surface area contributed by atoms with Gasteiger partial charge in [-0.15, -0.1) is 0 Å². The first-order chi connectivity index (χ1) is 14.1. The lowest BCUT2D eigenvalue weighted by atomic mass is 10.0. The number of aromatic hydroxyl groups is 1. The van der Waals surface area contributed by atoms with Gasteiger partial charge in [0.25, 0.3) is 0 Å². The third-order valence-electron chi connectivity index (χ3n) is 5.27. The van der Waals surface area contributed by atoms with E-state index in [9.17, 15) is 9.90 Å². The standard InChI is InChI=1S/C22H23NO6/c1-26-15-3-6-19(27-2)14(11-15)12-20-21(25)16-4-5-18(24)17(22(16)29-20)13-23-7-9-28-10-8-23/h3-6,11-12,24H,7-10,13H2,1-2H3/p+1/b20-12-. The van der Waals surface area contributed by atoms with E-state index in [0.29, 0.717) is 53.7 Å². The van der Waals surface area contributed by atoms with Crippen molar-refractivity contribution >= 4 is 11.9 Å². The molecule has 1 saturated heterocycles. The summed E-state index contributed by atoms with van der Waals surface area (Å²) in [5.41, 5.74) is 1.78. The Morgan fingerprint density at radius 1 is 1.14 bits per heavy atom. The fourth-order valence-corrected chi connectivity index (χ4v) is 3.65. The average Bonchev–Trinajstić information content (AvgIpc) is 3.06. The summed E-state index contributed by atoms with van der Waals surface area (Å²) in [7, 11) is 3.14. The minimum atomic E-state index is -0.219. The zero-order valence-electron chi connectivity index (χ0n) is 16.5. The summed E-state index contributed by atoms with van der Waals surface area (Å²) in [6.45, 7) is 3.64. The Morgan fingerprint density at radius 2 is 1.93 bits per heavy atom. The quantitative estimate of drug-likeness (QED) is 0.743. The number of morpholine rings is 1. The SMILES string of the molecule is COc1ccc(OC)c(/C=C2\Oc3c(ccc(O)c3C[NH+]3CCOCC3)C2=O)c1. The van der Waals surface area contributed by atoms with Crippen LogP contribution in [0.2, 0.25) is 0 Å². The molecule has 152 valence electrons. The third-order valence-corrected chi connectivity index (χ3v) is 5.27. The van der Waals surface area contributed by atoms with E-state index in [1.54, 1.807) is 50.6 Å². The molecule has 0 aromatic heterocycles. The van der Waals surface area contributed by atoms with Gasteiger partial charge in [-0.1, -0.05) is 0 Å². The number of rotatable bonds is 5. The summed E-state index contributed by atoms with van der Waals surface area (Å²) in [6, 6.07) is 8.51. The Bertz CT molecular complexity index is 962. The van der Waals surface area contributed by atoms with Crippen LogP contribution in [-0.4, -0.2) is 51.4 Å². The summed E-state index contributed by atoms with van der Waals surface area (Å²) < 4.78 is 22.0. The van der Waals surface area contributed by atoms with E-state index in [0.717, 1.165) is 13.1 Å². The second-order valence-electron chi connectivity index (χ2n) is 7.03. The number of methoxy groups -OCH3 is 2. The summed E-state index contributed by atoms with van der Waals surface area (Å²) in [6.07, 6.45) is 1.64. The maximum atomic E-state index is 12.9. The highest BCUT2D eigenvalue weighted by molar-refractivity contribution is 6.15. The molecule has 2 heterocycles. The minimum absolute atomic E-state index is 0.135. The van der Waals surface area contributed by atoms with Gasteiger partial charge in [0, 0.05) is 5.56 Å². The summed E-state index contributed by atoms with van der Waals surface area (Å²) in [5.74, 6) is 1.79. The number of quaternary nitrogens is 1. The van der Waals surface area contributed by atoms with Crippen LogP contribution in [0.4, 0.5) is 0 Å². The van der Waals surface area contributed by atoms with Gasteiger partial charge >= 0.3 is 0 Å². The normalized spacial score (nSPS) is 17.9. The molecule has 0 radical (unpaired) electrons. The lowest BCUT2D eigenvalue weighted by Gasteiger charge is -2.24. The van der Waals surface area contributed by atoms with E-state index in [2.05, 4.69) is 0 Å². The monoisotopic (exact) mass is 398 g/mol. The Morgan fingerprint density at radius 3 is 2.66 bits per heavy atom. The number of phenols is 1. The number of carbonyl (C=O) groups is 1. The van der Waals surface area contributed by atoms with Crippen molar-refractivity contribution in [1.82, 2.24) is 0 Å². The lowest BCUT2D eigenvalue weighted by Crippen LogP contribution is -3.12. The molecule has 0 atom stereocenters. The van der Waals surface area contributed by atoms with Crippen LogP contribution in [0.3, 0.4) is 0 Å². The maximum absolute atomic E-state index is 12.9. The number of carbonyl (C=O) groups excluding carboxylic acids is 1. The van der Waals surface area contributed by atoms with Gasteiger partial charge in [0.15, 0.2) is 11.5 Å². The van der Waals surface area contributed by atoms with Crippen molar-refractivity contribution < 1.29 is 33.7 Å². The predicted octanol–water partition coefficient (Wildman–Crippen LogP) is 1.44. The van der Waals surface area contributed by atoms with Gasteiger partial charge in [-0.05, 0) is 36.4 Å². The number of ether oxygens (including phenoxy) is 4. The van der Waals surface area contributed by atoms with E-state index in [4.69, 9.17) is 18.9 Å². The zero-order chi connectivity index (χ0) is 20.4. The van der Waals surface area contributed by atoms with Crippen LogP contribution in [0.1, 0.15) is 21.5 Å². The Labute approximate surface area is 169 Å². The van der Waals surface area contributed by atoms with Gasteiger partial charge in [0.1, 0.15) is 36.9 Å². The summed E-state index contributed by atoms with van der Waals surface area (Å²) in [4.78, 5) is 14.2. The van der Waals surface area contributed by atoms with Gasteiger partial charge in [-0.3, -0.25) is 4.79 Å². The largest absolute Gasteiger partial charge is 0.507 e. The zero-order valence-corrected chi connectivity index (χ0v) is 16.5. The molecule has 1 fully saturated rings. The van der Waals surface area contributed by atoms with Crippen molar-refractivity contribution in [3.05, 3.63) is 52.8 Å². The van der Waals surface area contributed by atoms with Gasteiger partial charge < -0.3 is 29.0 Å². The smallest absolute Gasteiger partial charge is 0.231 e. The molecule has 2 aliphatic heterocycles. The highest BCUT2D eigenvalue weighted by Gasteiger charge is 2.33. The third kappa shape index (κ3) is 3.79. The number of ketones is 1. The summed E-state index contributed by atoms with van der Waals surface area (Å²) in [5, 5.41) is 10.4. The van der Waals surface area contributed by atoms with Crippen LogP contribution in [0.15, 0.2) is 36.1 Å². The van der Waals surface area contributed by atoms with Crippen LogP contribution in [0, 0.1) is 0 Å². The first kappa shape index (κ1) is 19.3. The molecule has 29 heavy (non-hydrogen) atoms. The Balaban J connectivity index is 1.68. The number of phenolic OH excluding ortho intramolecular Hbond substituents is 1. The summed E-state index contributed by atoms with van der Waals surface area (Å²) >= 11 is 0. The van der Waals surface area contributed by atoms with E-state index in [1.165, 1.54) is 4.90 Å². The average molecular weight is 398 g/mol. The minimum Gasteiger partial charge on any atom is -0.507 e. The van der Waals surface area contributed by atoms with E-state index >= 15 is 0 Å². The van der Waals surface area contributed by atoms with Crippen molar-refractivity contribution in [2.45, 2.75) is 6.54 Å². The van der Waals surface area contributed by atoms with Crippen molar-refractivity contribution in [3.8, 4) is 23.0 Å². The number of hydrogen-bond donors (Lipinski definition) is 2.